The summed E-state index contributed by atoms with van der Waals surface area (Å²) in [6.07, 6.45) is 0. The van der Waals surface area contributed by atoms with Crippen molar-refractivity contribution in [2.45, 2.75) is 0 Å². The Morgan fingerprint density at radius 1 is 0.963 bits per heavy atom. The second-order valence-electron chi connectivity index (χ2n) is 6.26. The Balaban J connectivity index is 1.83. The van der Waals surface area contributed by atoms with Gasteiger partial charge in [-0.25, -0.2) is 9.29 Å². The first-order valence-corrected chi connectivity index (χ1v) is 8.91. The predicted molar refractivity (Wildman–Crippen MR) is 99.7 cm³/mol. The van der Waals surface area contributed by atoms with Crippen LogP contribution in [-0.2, 0) is 14.3 Å². The van der Waals surface area contributed by atoms with E-state index in [1.807, 2.05) is 4.90 Å². The minimum absolute atomic E-state index is 0.208. The van der Waals surface area contributed by atoms with Crippen molar-refractivity contribution < 1.29 is 18.7 Å². The van der Waals surface area contributed by atoms with E-state index in [9.17, 15) is 14.0 Å². The Bertz CT molecular complexity index is 936. The van der Waals surface area contributed by atoms with E-state index in [0.717, 1.165) is 4.90 Å². The van der Waals surface area contributed by atoms with Crippen LogP contribution >= 0.6 is 11.6 Å². The zero-order chi connectivity index (χ0) is 19.0. The van der Waals surface area contributed by atoms with Crippen LogP contribution in [0, 0.1) is 5.82 Å². The van der Waals surface area contributed by atoms with Crippen LogP contribution in [0.5, 0.6) is 0 Å². The van der Waals surface area contributed by atoms with Crippen molar-refractivity contribution in [3.8, 4) is 0 Å². The molecule has 0 N–H and O–H groups in total. The van der Waals surface area contributed by atoms with Gasteiger partial charge in [0.05, 0.1) is 24.5 Å². The molecule has 0 unspecified atom stereocenters. The van der Waals surface area contributed by atoms with Crippen LogP contribution in [-0.4, -0.2) is 43.0 Å². The molecule has 2 aromatic carbocycles. The van der Waals surface area contributed by atoms with Crippen molar-refractivity contribution in [2.24, 2.45) is 0 Å². The van der Waals surface area contributed by atoms with Gasteiger partial charge in [0.1, 0.15) is 11.5 Å². The summed E-state index contributed by atoms with van der Waals surface area (Å²) in [4.78, 5) is 29.3. The Hall–Kier alpha value is -2.70. The van der Waals surface area contributed by atoms with Crippen molar-refractivity contribution in [3.63, 3.8) is 0 Å². The van der Waals surface area contributed by atoms with Gasteiger partial charge in [-0.2, -0.15) is 0 Å². The lowest BCUT2D eigenvalue weighted by Gasteiger charge is -2.29. The molecule has 5 nitrogen and oxygen atoms in total. The normalized spacial score (nSPS) is 17.9. The minimum atomic E-state index is -0.513. The van der Waals surface area contributed by atoms with Gasteiger partial charge in [-0.05, 0) is 35.9 Å². The standard InChI is InChI=1S/C20H16ClFN2O3/c21-14-6-4-13(5-7-14)17-18(23-8-10-27-11-9-23)20(26)24(19(17)25)16-3-1-2-15(22)12-16/h1-7,12H,8-11H2. The van der Waals surface area contributed by atoms with Crippen LogP contribution < -0.4 is 4.90 Å². The summed E-state index contributed by atoms with van der Waals surface area (Å²) in [6, 6.07) is 12.2. The van der Waals surface area contributed by atoms with Crippen molar-refractivity contribution in [1.82, 2.24) is 4.90 Å². The molecule has 7 heteroatoms. The number of anilines is 1. The number of ether oxygens (including phenoxy) is 1. The Morgan fingerprint density at radius 2 is 1.67 bits per heavy atom. The zero-order valence-electron chi connectivity index (χ0n) is 14.3. The van der Waals surface area contributed by atoms with Crippen molar-refractivity contribution in [2.75, 3.05) is 31.2 Å². The van der Waals surface area contributed by atoms with Crippen LogP contribution in [0.3, 0.4) is 0 Å². The number of carbonyl (C=O) groups is 2. The molecule has 0 saturated carbocycles. The van der Waals surface area contributed by atoms with Crippen molar-refractivity contribution in [1.29, 1.82) is 0 Å². The number of nitrogens with zero attached hydrogens (tertiary/aromatic N) is 2. The Labute approximate surface area is 160 Å². The molecule has 0 bridgehead atoms. The fourth-order valence-electron chi connectivity index (χ4n) is 3.32. The summed E-state index contributed by atoms with van der Waals surface area (Å²) in [5.74, 6) is -1.45. The summed E-state index contributed by atoms with van der Waals surface area (Å²) in [5.41, 5.74) is 1.41. The van der Waals surface area contributed by atoms with E-state index in [1.54, 1.807) is 30.3 Å². The third-order valence-electron chi connectivity index (χ3n) is 4.59. The van der Waals surface area contributed by atoms with Crippen molar-refractivity contribution in [3.05, 3.63) is 70.6 Å². The molecule has 138 valence electrons. The highest BCUT2D eigenvalue weighted by Crippen LogP contribution is 2.35. The summed E-state index contributed by atoms with van der Waals surface area (Å²) < 4.78 is 19.1. The second-order valence-corrected chi connectivity index (χ2v) is 6.69. The SMILES string of the molecule is O=C1C(c2ccc(Cl)cc2)=C(N2CCOCC2)C(=O)N1c1cccc(F)c1. The van der Waals surface area contributed by atoms with Crippen LogP contribution in [0.1, 0.15) is 5.56 Å². The molecule has 1 saturated heterocycles. The lowest BCUT2D eigenvalue weighted by atomic mass is 10.0. The van der Waals surface area contributed by atoms with E-state index < -0.39 is 17.6 Å². The molecule has 4 rings (SSSR count). The molecule has 27 heavy (non-hydrogen) atoms. The number of benzene rings is 2. The number of imide groups is 1. The quantitative estimate of drug-likeness (QED) is 0.761. The maximum Gasteiger partial charge on any atom is 0.282 e. The van der Waals surface area contributed by atoms with E-state index >= 15 is 0 Å². The van der Waals surface area contributed by atoms with Gasteiger partial charge >= 0.3 is 0 Å². The third kappa shape index (κ3) is 3.22. The number of amides is 2. The first-order chi connectivity index (χ1) is 13.1. The number of halogens is 2. The first-order valence-electron chi connectivity index (χ1n) is 8.53. The zero-order valence-corrected chi connectivity index (χ0v) is 15.1. The summed E-state index contributed by atoms with van der Waals surface area (Å²) in [7, 11) is 0. The van der Waals surface area contributed by atoms with Gasteiger partial charge in [0, 0.05) is 18.1 Å². The molecule has 2 aromatic rings. The predicted octanol–water partition coefficient (Wildman–Crippen LogP) is 3.10. The maximum atomic E-state index is 13.7. The molecule has 0 aromatic heterocycles. The van der Waals surface area contributed by atoms with Gasteiger partial charge in [0.2, 0.25) is 0 Å². The molecule has 0 radical (unpaired) electrons. The maximum absolute atomic E-state index is 13.7. The molecule has 2 aliphatic rings. The van der Waals surface area contributed by atoms with Gasteiger partial charge in [-0.1, -0.05) is 29.8 Å². The number of morpholine rings is 1. The fourth-order valence-corrected chi connectivity index (χ4v) is 3.45. The smallest absolute Gasteiger partial charge is 0.282 e. The molecule has 0 spiro atoms. The van der Waals surface area contributed by atoms with Gasteiger partial charge < -0.3 is 9.64 Å². The van der Waals surface area contributed by atoms with E-state index in [4.69, 9.17) is 16.3 Å². The van der Waals surface area contributed by atoms with Crippen LogP contribution in [0.25, 0.3) is 5.57 Å². The summed E-state index contributed by atoms with van der Waals surface area (Å²) >= 11 is 5.96. The number of carbonyl (C=O) groups excluding carboxylic acids is 2. The van der Waals surface area contributed by atoms with Crippen LogP contribution in [0.15, 0.2) is 54.2 Å². The molecule has 0 atom stereocenters. The van der Waals surface area contributed by atoms with Gasteiger partial charge in [0.25, 0.3) is 11.8 Å². The Kier molecular flexibility index (Phi) is 4.68. The first kappa shape index (κ1) is 17.7. The third-order valence-corrected chi connectivity index (χ3v) is 4.84. The highest BCUT2D eigenvalue weighted by molar-refractivity contribution is 6.45. The number of hydrogen-bond donors (Lipinski definition) is 0. The highest BCUT2D eigenvalue weighted by Gasteiger charge is 2.42. The topological polar surface area (TPSA) is 49.9 Å². The summed E-state index contributed by atoms with van der Waals surface area (Å²) in [6.45, 7) is 1.95. The summed E-state index contributed by atoms with van der Waals surface area (Å²) in [5, 5.41) is 0.533. The average Bonchev–Trinajstić information content (AvgIpc) is 2.93. The van der Waals surface area contributed by atoms with Crippen LogP contribution in [0.2, 0.25) is 5.02 Å². The van der Waals surface area contributed by atoms with Gasteiger partial charge in [-0.3, -0.25) is 9.59 Å². The molecule has 2 aliphatic heterocycles. The van der Waals surface area contributed by atoms with E-state index in [0.29, 0.717) is 48.2 Å². The van der Waals surface area contributed by atoms with Gasteiger partial charge in [0.15, 0.2) is 0 Å². The lowest BCUT2D eigenvalue weighted by molar-refractivity contribution is -0.121. The lowest BCUT2D eigenvalue weighted by Crippen LogP contribution is -2.40. The van der Waals surface area contributed by atoms with E-state index in [1.165, 1.54) is 18.2 Å². The Morgan fingerprint density at radius 3 is 2.33 bits per heavy atom. The average molecular weight is 387 g/mol. The molecular weight excluding hydrogens is 371 g/mol. The number of hydrogen-bond acceptors (Lipinski definition) is 4. The molecule has 2 heterocycles. The molecule has 0 aliphatic carbocycles. The van der Waals surface area contributed by atoms with E-state index in [-0.39, 0.29) is 5.69 Å². The van der Waals surface area contributed by atoms with Crippen LogP contribution in [0.4, 0.5) is 10.1 Å². The molecule has 1 fully saturated rings. The second kappa shape index (κ2) is 7.13. The highest BCUT2D eigenvalue weighted by atomic mass is 35.5. The fraction of sp³-hybridized carbons (Fsp3) is 0.200. The molecular formula is C20H16ClFN2O3. The monoisotopic (exact) mass is 386 g/mol. The van der Waals surface area contributed by atoms with Crippen molar-refractivity contribution >= 4 is 34.7 Å². The molecule has 2 amide bonds. The number of rotatable bonds is 3. The minimum Gasteiger partial charge on any atom is -0.378 e. The largest absolute Gasteiger partial charge is 0.378 e. The van der Waals surface area contributed by atoms with E-state index in [2.05, 4.69) is 0 Å². The van der Waals surface area contributed by atoms with Gasteiger partial charge in [-0.15, -0.1) is 0 Å².